The Morgan fingerprint density at radius 1 is 1.32 bits per heavy atom. The minimum absolute atomic E-state index is 0.0135. The molecule has 6 heteroatoms. The number of ether oxygens (including phenoxy) is 1. The van der Waals surface area contributed by atoms with Crippen molar-refractivity contribution in [2.75, 3.05) is 0 Å². The van der Waals surface area contributed by atoms with Crippen molar-refractivity contribution in [3.05, 3.63) is 35.0 Å². The van der Waals surface area contributed by atoms with E-state index in [4.69, 9.17) is 32.5 Å². The molecule has 1 aromatic heterocycles. The molecule has 0 fully saturated rings. The quantitative estimate of drug-likeness (QED) is 0.760. The summed E-state index contributed by atoms with van der Waals surface area (Å²) >= 11 is 11.1. The third-order valence-corrected chi connectivity index (χ3v) is 2.83. The number of hydrogen-bond donors (Lipinski definition) is 0. The van der Waals surface area contributed by atoms with Crippen molar-refractivity contribution in [2.24, 2.45) is 0 Å². The zero-order valence-electron chi connectivity index (χ0n) is 10.3. The molecule has 1 heterocycles. The fraction of sp³-hybridized carbons (Fsp3) is 0.231. The van der Waals surface area contributed by atoms with Gasteiger partial charge in [0.1, 0.15) is 0 Å². The van der Waals surface area contributed by atoms with Gasteiger partial charge in [0, 0.05) is 28.1 Å². The van der Waals surface area contributed by atoms with E-state index >= 15 is 0 Å². The van der Waals surface area contributed by atoms with E-state index < -0.39 is 5.43 Å². The second-order valence-electron chi connectivity index (χ2n) is 4.23. The van der Waals surface area contributed by atoms with Crippen LogP contribution in [0, 0.1) is 0 Å². The Labute approximate surface area is 120 Å². The number of carbonyl (C=O) groups is 1. The van der Waals surface area contributed by atoms with E-state index in [-0.39, 0.29) is 11.7 Å². The summed E-state index contributed by atoms with van der Waals surface area (Å²) in [5.41, 5.74) is 0.225. The fourth-order valence-electron chi connectivity index (χ4n) is 1.63. The number of nitrogens with zero attached hydrogens (tertiary/aromatic N) is 1. The van der Waals surface area contributed by atoms with Crippen molar-refractivity contribution in [1.29, 1.82) is 0 Å². The summed E-state index contributed by atoms with van der Waals surface area (Å²) in [5, 5.41) is 4.54. The molecule has 0 aliphatic carbocycles. The lowest BCUT2D eigenvalue weighted by Crippen LogP contribution is -2.00. The van der Waals surface area contributed by atoms with E-state index in [2.05, 4.69) is 5.16 Å². The van der Waals surface area contributed by atoms with E-state index in [1.54, 1.807) is 24.3 Å². The molecule has 0 unspecified atom stereocenters. The maximum Gasteiger partial charge on any atom is 0.409 e. The number of rotatable bonds is 3. The van der Waals surface area contributed by atoms with Crippen LogP contribution in [0.2, 0.25) is 5.02 Å². The Morgan fingerprint density at radius 3 is 2.47 bits per heavy atom. The standard InChI is InChI=1S/C13H11Cl2NO3/c1-7(2)11-12(18-13(15)17)10(16-19-11)8-3-5-9(14)6-4-8/h3-7H,1-2H3. The lowest BCUT2D eigenvalue weighted by molar-refractivity contribution is 0.224. The number of benzene rings is 1. The molecule has 0 saturated heterocycles. The second kappa shape index (κ2) is 5.63. The molecule has 0 saturated carbocycles. The van der Waals surface area contributed by atoms with E-state index in [0.29, 0.717) is 16.5 Å². The molecular formula is C13H11Cl2NO3. The maximum atomic E-state index is 11.0. The van der Waals surface area contributed by atoms with Crippen LogP contribution in [0.15, 0.2) is 28.8 Å². The van der Waals surface area contributed by atoms with Crippen molar-refractivity contribution >= 4 is 28.6 Å². The van der Waals surface area contributed by atoms with Gasteiger partial charge in [0.25, 0.3) is 0 Å². The summed E-state index contributed by atoms with van der Waals surface area (Å²) in [7, 11) is 0. The first-order valence-electron chi connectivity index (χ1n) is 5.62. The highest BCUT2D eigenvalue weighted by Gasteiger charge is 2.23. The molecule has 0 N–H and O–H groups in total. The Bertz CT molecular complexity index is 590. The van der Waals surface area contributed by atoms with Crippen LogP contribution in [0.4, 0.5) is 4.79 Å². The predicted molar refractivity (Wildman–Crippen MR) is 72.9 cm³/mol. The first kappa shape index (κ1) is 13.9. The monoisotopic (exact) mass is 299 g/mol. The smallest absolute Gasteiger partial charge is 0.408 e. The molecule has 0 radical (unpaired) electrons. The average Bonchev–Trinajstić information content (AvgIpc) is 2.73. The SMILES string of the molecule is CC(C)c1onc(-c2ccc(Cl)cc2)c1OC(=O)Cl. The molecule has 100 valence electrons. The highest BCUT2D eigenvalue weighted by Crippen LogP contribution is 2.37. The molecule has 2 aromatic rings. The van der Waals surface area contributed by atoms with Crippen LogP contribution in [-0.4, -0.2) is 10.6 Å². The van der Waals surface area contributed by atoms with Crippen LogP contribution in [-0.2, 0) is 0 Å². The number of carbonyl (C=O) groups excluding carboxylic acids is 1. The Hall–Kier alpha value is -1.52. The van der Waals surface area contributed by atoms with Gasteiger partial charge in [0.15, 0.2) is 11.5 Å². The van der Waals surface area contributed by atoms with Gasteiger partial charge in [-0.3, -0.25) is 0 Å². The summed E-state index contributed by atoms with van der Waals surface area (Å²) in [6.07, 6.45) is 0. The molecule has 0 aliphatic rings. The third-order valence-electron chi connectivity index (χ3n) is 2.50. The molecule has 0 atom stereocenters. The molecule has 0 amide bonds. The van der Waals surface area contributed by atoms with Crippen LogP contribution in [0.5, 0.6) is 5.75 Å². The first-order chi connectivity index (χ1) is 8.99. The normalized spacial score (nSPS) is 10.8. The van der Waals surface area contributed by atoms with Gasteiger partial charge >= 0.3 is 5.43 Å². The average molecular weight is 300 g/mol. The van der Waals surface area contributed by atoms with Gasteiger partial charge < -0.3 is 9.26 Å². The van der Waals surface area contributed by atoms with Gasteiger partial charge in [-0.25, -0.2) is 4.79 Å². The fourth-order valence-corrected chi connectivity index (χ4v) is 1.84. The van der Waals surface area contributed by atoms with Crippen LogP contribution in [0.1, 0.15) is 25.5 Å². The Balaban J connectivity index is 2.50. The molecule has 2 rings (SSSR count). The Kier molecular flexibility index (Phi) is 4.12. The zero-order valence-corrected chi connectivity index (χ0v) is 11.8. The Morgan fingerprint density at radius 2 is 1.95 bits per heavy atom. The number of hydrogen-bond acceptors (Lipinski definition) is 4. The summed E-state index contributed by atoms with van der Waals surface area (Å²) in [6, 6.07) is 6.95. The summed E-state index contributed by atoms with van der Waals surface area (Å²) < 4.78 is 10.2. The topological polar surface area (TPSA) is 52.3 Å². The van der Waals surface area contributed by atoms with Gasteiger partial charge in [-0.1, -0.05) is 42.7 Å². The van der Waals surface area contributed by atoms with E-state index in [9.17, 15) is 4.79 Å². The highest BCUT2D eigenvalue weighted by molar-refractivity contribution is 6.61. The minimum Gasteiger partial charge on any atom is -0.408 e. The summed E-state index contributed by atoms with van der Waals surface area (Å²) in [4.78, 5) is 11.0. The molecule has 0 aliphatic heterocycles. The largest absolute Gasteiger partial charge is 0.409 e. The van der Waals surface area contributed by atoms with E-state index in [1.807, 2.05) is 13.8 Å². The van der Waals surface area contributed by atoms with Crippen molar-refractivity contribution < 1.29 is 14.1 Å². The lowest BCUT2D eigenvalue weighted by Gasteiger charge is -2.04. The van der Waals surface area contributed by atoms with E-state index in [0.717, 1.165) is 5.56 Å². The molecule has 0 spiro atoms. The number of aromatic nitrogens is 1. The van der Waals surface area contributed by atoms with Gasteiger partial charge in [-0.15, -0.1) is 0 Å². The minimum atomic E-state index is -0.930. The molecule has 1 aromatic carbocycles. The predicted octanol–water partition coefficient (Wildman–Crippen LogP) is 4.86. The van der Waals surface area contributed by atoms with E-state index in [1.165, 1.54) is 0 Å². The van der Waals surface area contributed by atoms with Crippen LogP contribution >= 0.6 is 23.2 Å². The van der Waals surface area contributed by atoms with Gasteiger partial charge in [-0.2, -0.15) is 0 Å². The van der Waals surface area contributed by atoms with Gasteiger partial charge in [-0.05, 0) is 12.1 Å². The second-order valence-corrected chi connectivity index (χ2v) is 4.97. The molecule has 0 bridgehead atoms. The van der Waals surface area contributed by atoms with Gasteiger partial charge in [0.2, 0.25) is 5.75 Å². The van der Waals surface area contributed by atoms with Crippen molar-refractivity contribution in [1.82, 2.24) is 5.16 Å². The van der Waals surface area contributed by atoms with Crippen LogP contribution < -0.4 is 4.74 Å². The van der Waals surface area contributed by atoms with Crippen molar-refractivity contribution in [2.45, 2.75) is 19.8 Å². The van der Waals surface area contributed by atoms with Crippen molar-refractivity contribution in [3.8, 4) is 17.0 Å². The first-order valence-corrected chi connectivity index (χ1v) is 6.37. The highest BCUT2D eigenvalue weighted by atomic mass is 35.5. The van der Waals surface area contributed by atoms with Gasteiger partial charge in [0.05, 0.1) is 0 Å². The summed E-state index contributed by atoms with van der Waals surface area (Å²) in [6.45, 7) is 3.80. The molecular weight excluding hydrogens is 289 g/mol. The number of halogens is 2. The zero-order chi connectivity index (χ0) is 14.0. The molecule has 19 heavy (non-hydrogen) atoms. The maximum absolute atomic E-state index is 11.0. The van der Waals surface area contributed by atoms with Crippen LogP contribution in [0.3, 0.4) is 0 Å². The molecule has 4 nitrogen and oxygen atoms in total. The summed E-state index contributed by atoms with van der Waals surface area (Å²) in [5.74, 6) is 0.732. The lowest BCUT2D eigenvalue weighted by atomic mass is 10.1. The third kappa shape index (κ3) is 3.08. The van der Waals surface area contributed by atoms with Crippen LogP contribution in [0.25, 0.3) is 11.3 Å². The van der Waals surface area contributed by atoms with Crippen molar-refractivity contribution in [3.63, 3.8) is 0 Å².